The average Bonchev–Trinajstić information content (AvgIpc) is 3.33. The monoisotopic (exact) mass is 357 g/mol. The van der Waals surface area contributed by atoms with Gasteiger partial charge >= 0.3 is 6.03 Å². The van der Waals surface area contributed by atoms with Crippen LogP contribution in [0.4, 0.5) is 4.79 Å². The van der Waals surface area contributed by atoms with Gasteiger partial charge in [-0.3, -0.25) is 4.79 Å². The summed E-state index contributed by atoms with van der Waals surface area (Å²) in [5.41, 5.74) is 0. The molecule has 1 N–H and O–H groups in total. The Hall–Kier alpha value is -1.31. The maximum atomic E-state index is 12.6. The van der Waals surface area contributed by atoms with Gasteiger partial charge < -0.3 is 15.1 Å². The molecule has 7 nitrogen and oxygen atoms in total. The minimum absolute atomic E-state index is 0.00671. The van der Waals surface area contributed by atoms with Crippen molar-refractivity contribution in [2.24, 2.45) is 0 Å². The fourth-order valence-electron chi connectivity index (χ4n) is 3.80. The standard InChI is InChI=1S/C16H27N3O4S/c1-24(22,23)11-13-5-2-3-9-19(13)16(21)17-14-6-4-10-18(15(14)20)12-7-8-12/h12-14H,2-11H2,1H3,(H,17,21). The Balaban J connectivity index is 1.62. The molecule has 2 saturated heterocycles. The predicted octanol–water partition coefficient (Wildman–Crippen LogP) is 0.749. The first kappa shape index (κ1) is 17.5. The van der Waals surface area contributed by atoms with Crippen LogP contribution >= 0.6 is 0 Å². The summed E-state index contributed by atoms with van der Waals surface area (Å²) in [5.74, 6) is 0.0153. The Labute approximate surface area is 143 Å². The van der Waals surface area contributed by atoms with Gasteiger partial charge in [-0.05, 0) is 44.9 Å². The average molecular weight is 357 g/mol. The van der Waals surface area contributed by atoms with Crippen molar-refractivity contribution < 1.29 is 18.0 Å². The number of nitrogens with zero attached hydrogens (tertiary/aromatic N) is 2. The molecule has 3 aliphatic rings. The molecule has 2 atom stereocenters. The van der Waals surface area contributed by atoms with Gasteiger partial charge in [-0.1, -0.05) is 0 Å². The molecule has 2 heterocycles. The molecule has 1 saturated carbocycles. The molecular formula is C16H27N3O4S. The van der Waals surface area contributed by atoms with Crippen molar-refractivity contribution >= 4 is 21.8 Å². The van der Waals surface area contributed by atoms with E-state index in [2.05, 4.69) is 5.32 Å². The van der Waals surface area contributed by atoms with E-state index in [-0.39, 0.29) is 23.7 Å². The Morgan fingerprint density at radius 2 is 1.88 bits per heavy atom. The second kappa shape index (κ2) is 6.90. The third kappa shape index (κ3) is 4.20. The van der Waals surface area contributed by atoms with Crippen LogP contribution in [0.2, 0.25) is 0 Å². The van der Waals surface area contributed by atoms with Crippen molar-refractivity contribution in [1.29, 1.82) is 0 Å². The summed E-state index contributed by atoms with van der Waals surface area (Å²) >= 11 is 0. The van der Waals surface area contributed by atoms with Crippen molar-refractivity contribution in [3.8, 4) is 0 Å². The number of sulfone groups is 1. The third-order valence-corrected chi connectivity index (χ3v) is 6.13. The molecule has 0 spiro atoms. The zero-order valence-electron chi connectivity index (χ0n) is 14.2. The van der Waals surface area contributed by atoms with Crippen LogP contribution in [0.5, 0.6) is 0 Å². The molecule has 0 aromatic carbocycles. The van der Waals surface area contributed by atoms with Crippen molar-refractivity contribution in [3.63, 3.8) is 0 Å². The predicted molar refractivity (Wildman–Crippen MR) is 90.3 cm³/mol. The first-order chi connectivity index (χ1) is 11.3. The molecule has 0 aromatic rings. The van der Waals surface area contributed by atoms with Crippen LogP contribution < -0.4 is 5.32 Å². The van der Waals surface area contributed by atoms with Gasteiger partial charge in [0.15, 0.2) is 0 Å². The van der Waals surface area contributed by atoms with Crippen molar-refractivity contribution in [3.05, 3.63) is 0 Å². The SMILES string of the molecule is CS(=O)(=O)CC1CCCCN1C(=O)NC1CCCN(C2CC2)C1=O. The molecule has 1 aliphatic carbocycles. The van der Waals surface area contributed by atoms with Gasteiger partial charge in [0.2, 0.25) is 5.91 Å². The van der Waals surface area contributed by atoms with Crippen LogP contribution in [0, 0.1) is 0 Å². The van der Waals surface area contributed by atoms with Crippen LogP contribution in [0.15, 0.2) is 0 Å². The van der Waals surface area contributed by atoms with E-state index in [4.69, 9.17) is 0 Å². The number of rotatable bonds is 4. The summed E-state index contributed by atoms with van der Waals surface area (Å²) in [7, 11) is -3.14. The minimum Gasteiger partial charge on any atom is -0.338 e. The van der Waals surface area contributed by atoms with E-state index in [9.17, 15) is 18.0 Å². The lowest BCUT2D eigenvalue weighted by molar-refractivity contribution is -0.136. The highest BCUT2D eigenvalue weighted by atomic mass is 32.2. The molecule has 3 rings (SSSR count). The van der Waals surface area contributed by atoms with Gasteiger partial charge in [-0.2, -0.15) is 0 Å². The van der Waals surface area contributed by atoms with Gasteiger partial charge in [0, 0.05) is 31.4 Å². The molecule has 0 aromatic heterocycles. The lowest BCUT2D eigenvalue weighted by Crippen LogP contribution is -2.58. The number of carbonyl (C=O) groups excluding carboxylic acids is 2. The lowest BCUT2D eigenvalue weighted by atomic mass is 10.0. The summed E-state index contributed by atoms with van der Waals surface area (Å²) < 4.78 is 23.2. The molecule has 3 amide bonds. The highest BCUT2D eigenvalue weighted by Gasteiger charge is 2.39. The summed E-state index contributed by atoms with van der Waals surface area (Å²) in [5, 5.41) is 2.87. The van der Waals surface area contributed by atoms with Gasteiger partial charge in [0.05, 0.1) is 5.75 Å². The van der Waals surface area contributed by atoms with Crippen LogP contribution in [0.3, 0.4) is 0 Å². The number of piperidine rings is 2. The van der Waals surface area contributed by atoms with Gasteiger partial charge in [0.25, 0.3) is 0 Å². The Morgan fingerprint density at radius 1 is 1.12 bits per heavy atom. The zero-order valence-corrected chi connectivity index (χ0v) is 15.1. The number of hydrogen-bond acceptors (Lipinski definition) is 4. The van der Waals surface area contributed by atoms with Crippen LogP contribution in [-0.2, 0) is 14.6 Å². The number of nitrogens with one attached hydrogen (secondary N) is 1. The topological polar surface area (TPSA) is 86.8 Å². The first-order valence-electron chi connectivity index (χ1n) is 8.90. The molecule has 0 bridgehead atoms. The van der Waals surface area contributed by atoms with E-state index >= 15 is 0 Å². The second-order valence-corrected chi connectivity index (χ2v) is 9.53. The number of hydrogen-bond donors (Lipinski definition) is 1. The van der Waals surface area contributed by atoms with Crippen molar-refractivity contribution in [2.45, 2.75) is 63.1 Å². The van der Waals surface area contributed by atoms with E-state index in [0.717, 1.165) is 38.6 Å². The largest absolute Gasteiger partial charge is 0.338 e. The lowest BCUT2D eigenvalue weighted by Gasteiger charge is -2.38. The van der Waals surface area contributed by atoms with Crippen LogP contribution in [-0.4, -0.2) is 73.4 Å². The number of carbonyl (C=O) groups is 2. The molecular weight excluding hydrogens is 330 g/mol. The minimum atomic E-state index is -3.14. The summed E-state index contributed by atoms with van der Waals surface area (Å²) in [6.45, 7) is 1.34. The fraction of sp³-hybridized carbons (Fsp3) is 0.875. The highest BCUT2D eigenvalue weighted by Crippen LogP contribution is 2.30. The van der Waals surface area contributed by atoms with Crippen LogP contribution in [0.1, 0.15) is 44.9 Å². The summed E-state index contributed by atoms with van der Waals surface area (Å²) in [4.78, 5) is 28.7. The molecule has 136 valence electrons. The Bertz CT molecular complexity index is 602. The van der Waals surface area contributed by atoms with E-state index in [1.807, 2.05) is 4.90 Å². The zero-order chi connectivity index (χ0) is 17.3. The molecule has 24 heavy (non-hydrogen) atoms. The smallest absolute Gasteiger partial charge is 0.318 e. The van der Waals surface area contributed by atoms with E-state index < -0.39 is 15.9 Å². The third-order valence-electron chi connectivity index (χ3n) is 5.14. The quantitative estimate of drug-likeness (QED) is 0.804. The van der Waals surface area contributed by atoms with E-state index in [1.54, 1.807) is 4.90 Å². The van der Waals surface area contributed by atoms with Crippen LogP contribution in [0.25, 0.3) is 0 Å². The highest BCUT2D eigenvalue weighted by molar-refractivity contribution is 7.90. The summed E-state index contributed by atoms with van der Waals surface area (Å²) in [6.07, 6.45) is 7.41. The van der Waals surface area contributed by atoms with Crippen molar-refractivity contribution in [1.82, 2.24) is 15.1 Å². The molecule has 8 heteroatoms. The Morgan fingerprint density at radius 3 is 2.54 bits per heavy atom. The fourth-order valence-corrected chi connectivity index (χ4v) is 4.85. The number of amides is 3. The van der Waals surface area contributed by atoms with E-state index in [1.165, 1.54) is 6.26 Å². The Kier molecular flexibility index (Phi) is 5.03. The first-order valence-corrected chi connectivity index (χ1v) is 11.0. The normalized spacial score (nSPS) is 28.8. The van der Waals surface area contributed by atoms with Gasteiger partial charge in [-0.25, -0.2) is 13.2 Å². The number of likely N-dealkylation sites (tertiary alicyclic amines) is 2. The molecule has 0 radical (unpaired) electrons. The van der Waals surface area contributed by atoms with Gasteiger partial charge in [0.1, 0.15) is 15.9 Å². The van der Waals surface area contributed by atoms with Crippen molar-refractivity contribution in [2.75, 3.05) is 25.1 Å². The summed E-state index contributed by atoms with van der Waals surface area (Å²) in [6, 6.07) is -0.677. The molecule has 2 aliphatic heterocycles. The molecule has 3 fully saturated rings. The number of urea groups is 1. The maximum absolute atomic E-state index is 12.6. The van der Waals surface area contributed by atoms with Gasteiger partial charge in [-0.15, -0.1) is 0 Å². The van der Waals surface area contributed by atoms with E-state index in [0.29, 0.717) is 25.4 Å². The second-order valence-electron chi connectivity index (χ2n) is 7.34. The molecule has 2 unspecified atom stereocenters. The maximum Gasteiger partial charge on any atom is 0.318 e.